The fraction of sp³-hybridized carbons (Fsp3) is 0.115. The number of benzene rings is 3. The minimum atomic E-state index is -0.0579. The van der Waals surface area contributed by atoms with E-state index in [-0.39, 0.29) is 5.56 Å². The van der Waals surface area contributed by atoms with Gasteiger partial charge in [-0.3, -0.25) is 4.79 Å². The van der Waals surface area contributed by atoms with Crippen molar-refractivity contribution in [1.29, 1.82) is 0 Å². The molecule has 0 atom stereocenters. The molecule has 0 unspecified atom stereocenters. The quantitative estimate of drug-likeness (QED) is 0.512. The van der Waals surface area contributed by atoms with Crippen LogP contribution in [0.3, 0.4) is 0 Å². The maximum Gasteiger partial charge on any atom is 0.256 e. The number of fused-ring (bicyclic) bond motifs is 3. The Bertz CT molecular complexity index is 1240. The Balaban J connectivity index is 1.85. The van der Waals surface area contributed by atoms with Crippen LogP contribution in [0.2, 0.25) is 0 Å². The molecule has 3 nitrogen and oxygen atoms in total. The second kappa shape index (κ2) is 7.10. The first kappa shape index (κ1) is 17.5. The number of pyridine rings is 1. The van der Waals surface area contributed by atoms with E-state index in [0.29, 0.717) is 0 Å². The maximum absolute atomic E-state index is 13.3. The molecule has 0 saturated heterocycles. The Hall–Kier alpha value is -3.59. The zero-order valence-electron chi connectivity index (χ0n) is 16.2. The van der Waals surface area contributed by atoms with Crippen molar-refractivity contribution >= 4 is 0 Å². The number of hydrogen-bond acceptors (Lipinski definition) is 2. The first-order valence-electron chi connectivity index (χ1n) is 9.83. The van der Waals surface area contributed by atoms with Crippen LogP contribution in [0.1, 0.15) is 11.1 Å². The highest BCUT2D eigenvalue weighted by Gasteiger charge is 2.25. The summed E-state index contributed by atoms with van der Waals surface area (Å²) in [6, 6.07) is 26.3. The summed E-state index contributed by atoms with van der Waals surface area (Å²) in [5.41, 5.74) is 8.21. The molecule has 1 aliphatic carbocycles. The molecule has 0 fully saturated rings. The minimum absolute atomic E-state index is 0.0579. The molecule has 0 aliphatic heterocycles. The summed E-state index contributed by atoms with van der Waals surface area (Å²) in [6.07, 6.45) is 1.86. The van der Waals surface area contributed by atoms with E-state index < -0.39 is 0 Å². The fourth-order valence-electron chi connectivity index (χ4n) is 4.32. The van der Waals surface area contributed by atoms with E-state index in [4.69, 9.17) is 4.74 Å². The van der Waals surface area contributed by atoms with Crippen molar-refractivity contribution in [2.24, 2.45) is 0 Å². The van der Waals surface area contributed by atoms with Crippen LogP contribution in [0, 0.1) is 0 Å². The third-order valence-corrected chi connectivity index (χ3v) is 5.69. The molecule has 1 N–H and O–H groups in total. The molecule has 142 valence electrons. The lowest BCUT2D eigenvalue weighted by molar-refractivity contribution is 0.415. The second-order valence-electron chi connectivity index (χ2n) is 7.31. The summed E-state index contributed by atoms with van der Waals surface area (Å²) in [7, 11) is 1.66. The molecule has 29 heavy (non-hydrogen) atoms. The van der Waals surface area contributed by atoms with Crippen LogP contribution in [0.4, 0.5) is 0 Å². The zero-order valence-corrected chi connectivity index (χ0v) is 16.2. The van der Waals surface area contributed by atoms with Gasteiger partial charge in [-0.05, 0) is 47.2 Å². The van der Waals surface area contributed by atoms with Crippen LogP contribution >= 0.6 is 0 Å². The number of rotatable bonds is 3. The molecule has 4 aromatic rings. The highest BCUT2D eigenvalue weighted by molar-refractivity contribution is 5.90. The molecule has 0 saturated carbocycles. The molecule has 0 bridgehead atoms. The van der Waals surface area contributed by atoms with Crippen LogP contribution in [-0.2, 0) is 12.8 Å². The van der Waals surface area contributed by atoms with Crippen LogP contribution in [0.25, 0.3) is 33.5 Å². The van der Waals surface area contributed by atoms with Gasteiger partial charge in [-0.15, -0.1) is 0 Å². The molecular weight excluding hydrogens is 358 g/mol. The van der Waals surface area contributed by atoms with Gasteiger partial charge in [-0.2, -0.15) is 0 Å². The highest BCUT2D eigenvalue weighted by Crippen LogP contribution is 2.41. The Kier molecular flexibility index (Phi) is 4.28. The lowest BCUT2D eigenvalue weighted by atomic mass is 9.82. The monoisotopic (exact) mass is 379 g/mol. The largest absolute Gasteiger partial charge is 0.497 e. The Morgan fingerprint density at radius 1 is 0.759 bits per heavy atom. The van der Waals surface area contributed by atoms with Crippen molar-refractivity contribution in [2.75, 3.05) is 7.11 Å². The maximum atomic E-state index is 13.3. The van der Waals surface area contributed by atoms with E-state index in [1.165, 1.54) is 11.1 Å². The Morgan fingerprint density at radius 2 is 1.45 bits per heavy atom. The molecule has 0 radical (unpaired) electrons. The number of nitrogens with one attached hydrogen (secondary N) is 1. The van der Waals surface area contributed by atoms with E-state index >= 15 is 0 Å². The van der Waals surface area contributed by atoms with E-state index in [9.17, 15) is 4.79 Å². The molecule has 3 aromatic carbocycles. The topological polar surface area (TPSA) is 42.1 Å². The predicted octanol–water partition coefficient (Wildman–Crippen LogP) is 5.48. The van der Waals surface area contributed by atoms with Crippen molar-refractivity contribution in [3.63, 3.8) is 0 Å². The zero-order chi connectivity index (χ0) is 19.8. The van der Waals surface area contributed by atoms with Crippen molar-refractivity contribution in [2.45, 2.75) is 12.8 Å². The van der Waals surface area contributed by atoms with Crippen LogP contribution in [0.5, 0.6) is 5.75 Å². The lowest BCUT2D eigenvalue weighted by Crippen LogP contribution is -2.18. The van der Waals surface area contributed by atoms with Gasteiger partial charge in [0.15, 0.2) is 0 Å². The third kappa shape index (κ3) is 2.95. The van der Waals surface area contributed by atoms with Crippen LogP contribution in [0.15, 0.2) is 83.7 Å². The van der Waals surface area contributed by atoms with Gasteiger partial charge in [0.25, 0.3) is 5.56 Å². The normalized spacial score (nSPS) is 12.2. The van der Waals surface area contributed by atoms with Gasteiger partial charge in [0, 0.05) is 11.1 Å². The molecule has 0 spiro atoms. The number of aromatic amines is 1. The third-order valence-electron chi connectivity index (χ3n) is 5.69. The number of aromatic nitrogens is 1. The molecule has 1 heterocycles. The molecule has 1 aromatic heterocycles. The molecule has 5 rings (SSSR count). The van der Waals surface area contributed by atoms with Crippen molar-refractivity contribution in [3.05, 3.63) is 100 Å². The first-order chi connectivity index (χ1) is 14.3. The fourth-order valence-corrected chi connectivity index (χ4v) is 4.32. The van der Waals surface area contributed by atoms with Crippen molar-refractivity contribution in [3.8, 4) is 39.3 Å². The average Bonchev–Trinajstić information content (AvgIpc) is 2.79. The predicted molar refractivity (Wildman–Crippen MR) is 117 cm³/mol. The summed E-state index contributed by atoms with van der Waals surface area (Å²) in [6.45, 7) is 0. The van der Waals surface area contributed by atoms with E-state index in [1.54, 1.807) is 7.11 Å². The molecular formula is C26H21NO2. The second-order valence-corrected chi connectivity index (χ2v) is 7.31. The van der Waals surface area contributed by atoms with Crippen molar-refractivity contribution < 1.29 is 4.74 Å². The molecule has 3 heteroatoms. The van der Waals surface area contributed by atoms with Crippen molar-refractivity contribution in [1.82, 2.24) is 4.98 Å². The van der Waals surface area contributed by atoms with Gasteiger partial charge in [0.05, 0.1) is 18.4 Å². The summed E-state index contributed by atoms with van der Waals surface area (Å²) >= 11 is 0. The minimum Gasteiger partial charge on any atom is -0.497 e. The summed E-state index contributed by atoms with van der Waals surface area (Å²) in [5.74, 6) is 0.805. The average molecular weight is 379 g/mol. The first-order valence-corrected chi connectivity index (χ1v) is 9.83. The summed E-state index contributed by atoms with van der Waals surface area (Å²) in [4.78, 5) is 16.5. The number of hydrogen-bond donors (Lipinski definition) is 1. The van der Waals surface area contributed by atoms with Gasteiger partial charge in [0.1, 0.15) is 5.75 Å². The van der Waals surface area contributed by atoms with Crippen LogP contribution < -0.4 is 10.3 Å². The van der Waals surface area contributed by atoms with E-state index in [0.717, 1.165) is 52.1 Å². The molecule has 1 aliphatic rings. The number of methoxy groups -OCH3 is 1. The van der Waals surface area contributed by atoms with E-state index in [1.807, 2.05) is 60.7 Å². The lowest BCUT2D eigenvalue weighted by Gasteiger charge is -2.24. The molecule has 0 amide bonds. The van der Waals surface area contributed by atoms with Crippen LogP contribution in [-0.4, -0.2) is 12.1 Å². The highest BCUT2D eigenvalue weighted by atomic mass is 16.5. The number of aryl methyl sites for hydroxylation is 1. The number of H-pyrrole nitrogens is 1. The summed E-state index contributed by atoms with van der Waals surface area (Å²) in [5, 5.41) is 0. The smallest absolute Gasteiger partial charge is 0.256 e. The Morgan fingerprint density at radius 3 is 2.21 bits per heavy atom. The standard InChI is InChI=1S/C26H21NO2/c1-29-20-14-11-19(12-15-20)23-22-16-13-17-7-5-6-10-21(17)25(22)27-26(28)24(23)18-8-3-2-4-9-18/h2-12,14-15H,13,16H2,1H3,(H,27,28). The van der Waals surface area contributed by atoms with Gasteiger partial charge < -0.3 is 9.72 Å². The number of ether oxygens (including phenoxy) is 1. The SMILES string of the molecule is COc1ccc(-c2c3c([nH]c(=O)c2-c2ccccc2)-c2ccccc2CC3)cc1. The van der Waals surface area contributed by atoms with Gasteiger partial charge in [-0.25, -0.2) is 0 Å². The Labute approximate surface area is 169 Å². The summed E-state index contributed by atoms with van der Waals surface area (Å²) < 4.78 is 5.33. The van der Waals surface area contributed by atoms with Gasteiger partial charge in [-0.1, -0.05) is 66.7 Å². The van der Waals surface area contributed by atoms with Gasteiger partial charge in [0.2, 0.25) is 0 Å². The van der Waals surface area contributed by atoms with Gasteiger partial charge >= 0.3 is 0 Å². The van der Waals surface area contributed by atoms with E-state index in [2.05, 4.69) is 23.2 Å².